The minimum absolute atomic E-state index is 0. The molecule has 2 heterocycles. The van der Waals surface area contributed by atoms with Crippen LogP contribution in [0, 0.1) is 12.7 Å². The number of rotatable bonds is 4. The molecule has 2 aromatic rings. The molecule has 0 amide bonds. The maximum Gasteiger partial charge on any atom is 0.143 e. The summed E-state index contributed by atoms with van der Waals surface area (Å²) >= 11 is 0. The first-order chi connectivity index (χ1) is 8.20. The van der Waals surface area contributed by atoms with E-state index in [1.165, 1.54) is 6.07 Å². The van der Waals surface area contributed by atoms with Crippen molar-refractivity contribution in [3.05, 3.63) is 48.8 Å². The smallest absolute Gasteiger partial charge is 0.143 e. The molecule has 2 aromatic heterocycles. The Labute approximate surface area is 111 Å². The molecule has 96 valence electrons. The Bertz CT molecular complexity index is 539. The van der Waals surface area contributed by atoms with E-state index in [0.717, 1.165) is 17.6 Å². The zero-order chi connectivity index (χ0) is 12.3. The number of hydrogen-bond donors (Lipinski definition) is 1. The van der Waals surface area contributed by atoms with Crippen LogP contribution in [-0.4, -0.2) is 21.3 Å². The zero-order valence-electron chi connectivity index (χ0n) is 9.93. The third-order valence-electron chi connectivity index (χ3n) is 2.29. The van der Waals surface area contributed by atoms with Gasteiger partial charge < -0.3 is 5.32 Å². The summed E-state index contributed by atoms with van der Waals surface area (Å²) in [4.78, 5) is 3.79. The minimum atomic E-state index is -0.378. The first kappa shape index (κ1) is 14.2. The molecule has 18 heavy (non-hydrogen) atoms. The highest BCUT2D eigenvalue weighted by Crippen LogP contribution is 2.16. The van der Waals surface area contributed by atoms with Gasteiger partial charge in [0, 0.05) is 12.6 Å². The van der Waals surface area contributed by atoms with E-state index in [-0.39, 0.29) is 18.2 Å². The second kappa shape index (κ2) is 6.16. The quantitative estimate of drug-likeness (QED) is 0.867. The lowest BCUT2D eigenvalue weighted by atomic mass is 10.4. The topological polar surface area (TPSA) is 42.7 Å². The highest BCUT2D eigenvalue weighted by atomic mass is 35.5. The van der Waals surface area contributed by atoms with Crippen LogP contribution in [0.3, 0.4) is 0 Å². The molecule has 0 saturated carbocycles. The fourth-order valence-corrected chi connectivity index (χ4v) is 1.47. The maximum atomic E-state index is 13.0. The number of anilines is 1. The lowest BCUT2D eigenvalue weighted by Gasteiger charge is -2.00. The first-order valence-corrected chi connectivity index (χ1v) is 5.22. The minimum Gasteiger partial charge on any atom is -0.379 e. The van der Waals surface area contributed by atoms with Crippen molar-refractivity contribution in [3.63, 3.8) is 0 Å². The van der Waals surface area contributed by atoms with Gasteiger partial charge in [0.1, 0.15) is 5.82 Å². The summed E-state index contributed by atoms with van der Waals surface area (Å²) in [6, 6.07) is 1.39. The summed E-state index contributed by atoms with van der Waals surface area (Å²) in [5.41, 5.74) is 2.34. The molecule has 0 saturated heterocycles. The molecular weight excluding hydrogens is 255 g/mol. The van der Waals surface area contributed by atoms with Crippen LogP contribution in [0.4, 0.5) is 10.1 Å². The molecule has 0 bridgehead atoms. The van der Waals surface area contributed by atoms with E-state index in [1.807, 2.05) is 6.92 Å². The summed E-state index contributed by atoms with van der Waals surface area (Å²) in [5.74, 6) is -0.378. The Hall–Kier alpha value is -1.88. The second-order valence-corrected chi connectivity index (χ2v) is 3.60. The lowest BCUT2D eigenvalue weighted by Crippen LogP contribution is -1.97. The molecule has 6 heteroatoms. The SMILES string of the molecule is C=CCNc1cn(-c2cncc(F)c2)nc1C.Cl. The first-order valence-electron chi connectivity index (χ1n) is 5.22. The highest BCUT2D eigenvalue weighted by molar-refractivity contribution is 5.85. The Morgan fingerprint density at radius 1 is 1.50 bits per heavy atom. The summed E-state index contributed by atoms with van der Waals surface area (Å²) < 4.78 is 14.6. The lowest BCUT2D eigenvalue weighted by molar-refractivity contribution is 0.618. The van der Waals surface area contributed by atoms with E-state index in [4.69, 9.17) is 0 Å². The van der Waals surface area contributed by atoms with Crippen molar-refractivity contribution in [1.29, 1.82) is 0 Å². The summed E-state index contributed by atoms with van der Waals surface area (Å²) in [6.07, 6.45) is 6.29. The van der Waals surface area contributed by atoms with Crippen LogP contribution in [0.25, 0.3) is 5.69 Å². The average Bonchev–Trinajstić information content (AvgIpc) is 2.68. The van der Waals surface area contributed by atoms with Gasteiger partial charge in [-0.2, -0.15) is 5.10 Å². The van der Waals surface area contributed by atoms with Gasteiger partial charge >= 0.3 is 0 Å². The van der Waals surface area contributed by atoms with Gasteiger partial charge in [0.25, 0.3) is 0 Å². The molecule has 0 aliphatic heterocycles. The van der Waals surface area contributed by atoms with Gasteiger partial charge in [-0.05, 0) is 6.92 Å². The van der Waals surface area contributed by atoms with Crippen molar-refractivity contribution in [2.75, 3.05) is 11.9 Å². The van der Waals surface area contributed by atoms with Crippen LogP contribution in [0.1, 0.15) is 5.69 Å². The second-order valence-electron chi connectivity index (χ2n) is 3.60. The van der Waals surface area contributed by atoms with Crippen LogP contribution in [-0.2, 0) is 0 Å². The molecule has 2 rings (SSSR count). The number of nitrogens with zero attached hydrogens (tertiary/aromatic N) is 3. The van der Waals surface area contributed by atoms with Crippen LogP contribution >= 0.6 is 12.4 Å². The van der Waals surface area contributed by atoms with Crippen LogP contribution in [0.5, 0.6) is 0 Å². The Kier molecular flexibility index (Phi) is 4.85. The summed E-state index contributed by atoms with van der Waals surface area (Å²) in [5, 5.41) is 7.44. The Morgan fingerprint density at radius 2 is 2.28 bits per heavy atom. The van der Waals surface area contributed by atoms with Gasteiger partial charge in [-0.1, -0.05) is 6.08 Å². The van der Waals surface area contributed by atoms with Crippen molar-refractivity contribution >= 4 is 18.1 Å². The number of pyridine rings is 1. The molecule has 0 unspecified atom stereocenters. The number of halogens is 2. The molecule has 0 atom stereocenters. The van der Waals surface area contributed by atoms with Crippen LogP contribution in [0.15, 0.2) is 37.3 Å². The molecule has 4 nitrogen and oxygen atoms in total. The largest absolute Gasteiger partial charge is 0.379 e. The van der Waals surface area contributed by atoms with E-state index in [2.05, 4.69) is 22.0 Å². The van der Waals surface area contributed by atoms with Crippen molar-refractivity contribution in [3.8, 4) is 5.69 Å². The predicted molar refractivity (Wildman–Crippen MR) is 72.0 cm³/mol. The molecule has 0 radical (unpaired) electrons. The number of aryl methyl sites for hydroxylation is 1. The molecular formula is C12H14ClFN4. The third kappa shape index (κ3) is 3.07. The van der Waals surface area contributed by atoms with E-state index in [9.17, 15) is 4.39 Å². The molecule has 1 N–H and O–H groups in total. The number of nitrogens with one attached hydrogen (secondary N) is 1. The number of hydrogen-bond acceptors (Lipinski definition) is 3. The van der Waals surface area contributed by atoms with E-state index in [0.29, 0.717) is 12.2 Å². The normalized spacial score (nSPS) is 9.67. The van der Waals surface area contributed by atoms with Gasteiger partial charge in [0.2, 0.25) is 0 Å². The van der Waals surface area contributed by atoms with Gasteiger partial charge in [-0.15, -0.1) is 19.0 Å². The van der Waals surface area contributed by atoms with Crippen LogP contribution < -0.4 is 5.32 Å². The van der Waals surface area contributed by atoms with Crippen molar-refractivity contribution in [1.82, 2.24) is 14.8 Å². The van der Waals surface area contributed by atoms with Crippen LogP contribution in [0.2, 0.25) is 0 Å². The summed E-state index contributed by atoms with van der Waals surface area (Å²) in [6.45, 7) is 6.18. The fourth-order valence-electron chi connectivity index (χ4n) is 1.47. The highest BCUT2D eigenvalue weighted by Gasteiger charge is 2.06. The van der Waals surface area contributed by atoms with Crippen molar-refractivity contribution in [2.45, 2.75) is 6.92 Å². The Morgan fingerprint density at radius 3 is 2.94 bits per heavy atom. The van der Waals surface area contributed by atoms with Crippen molar-refractivity contribution < 1.29 is 4.39 Å². The summed E-state index contributed by atoms with van der Waals surface area (Å²) in [7, 11) is 0. The third-order valence-corrected chi connectivity index (χ3v) is 2.29. The average molecular weight is 269 g/mol. The fraction of sp³-hybridized carbons (Fsp3) is 0.167. The monoisotopic (exact) mass is 268 g/mol. The van der Waals surface area contributed by atoms with Gasteiger partial charge in [0.05, 0.1) is 35.7 Å². The molecule has 0 spiro atoms. The van der Waals surface area contributed by atoms with Gasteiger partial charge in [-0.25, -0.2) is 9.07 Å². The van der Waals surface area contributed by atoms with E-state index >= 15 is 0 Å². The molecule has 0 aliphatic carbocycles. The van der Waals surface area contributed by atoms with E-state index in [1.54, 1.807) is 23.2 Å². The molecule has 0 aliphatic rings. The van der Waals surface area contributed by atoms with E-state index < -0.39 is 0 Å². The number of aromatic nitrogens is 3. The van der Waals surface area contributed by atoms with Gasteiger partial charge in [-0.3, -0.25) is 4.98 Å². The maximum absolute atomic E-state index is 13.0. The predicted octanol–water partition coefficient (Wildman–Crippen LogP) is 2.73. The standard InChI is InChI=1S/C12H13FN4.ClH/c1-3-4-15-12-8-17(16-9(12)2)11-5-10(13)6-14-7-11;/h3,5-8,15H,1,4H2,2H3;1H. The zero-order valence-corrected chi connectivity index (χ0v) is 10.7. The van der Waals surface area contributed by atoms with Crippen molar-refractivity contribution in [2.24, 2.45) is 0 Å². The Balaban J connectivity index is 0.00000162. The molecule has 0 fully saturated rings. The molecule has 0 aromatic carbocycles. The van der Waals surface area contributed by atoms with Gasteiger partial charge in [0.15, 0.2) is 0 Å².